The molecule has 82 valence electrons. The molecular weight excluding hydrogens is 210 g/mol. The lowest BCUT2D eigenvalue weighted by molar-refractivity contribution is 0.0929. The third-order valence-electron chi connectivity index (χ3n) is 2.92. The summed E-state index contributed by atoms with van der Waals surface area (Å²) >= 11 is 5.77. The van der Waals surface area contributed by atoms with Crippen molar-refractivity contribution in [2.24, 2.45) is 5.92 Å². The van der Waals surface area contributed by atoms with Gasteiger partial charge in [0, 0.05) is 6.61 Å². The van der Waals surface area contributed by atoms with Gasteiger partial charge in [-0.2, -0.15) is 0 Å². The minimum Gasteiger partial charge on any atom is -0.375 e. The third-order valence-corrected chi connectivity index (χ3v) is 3.13. The highest BCUT2D eigenvalue weighted by Crippen LogP contribution is 2.29. The lowest BCUT2D eigenvalue weighted by Crippen LogP contribution is -2.13. The van der Waals surface area contributed by atoms with Crippen LogP contribution in [-0.4, -0.2) is 11.6 Å². The Balaban J connectivity index is 1.64. The number of halogens is 1. The first kappa shape index (κ1) is 10.9. The summed E-state index contributed by atoms with van der Waals surface area (Å²) < 4.78 is 5.56. The van der Waals surface area contributed by atoms with Crippen LogP contribution >= 0.6 is 11.6 Å². The fraction of sp³-hybridized carbons (Fsp3) is 0.583. The second-order valence-electron chi connectivity index (χ2n) is 4.09. The Hall–Kier alpha value is -0.600. The summed E-state index contributed by atoms with van der Waals surface area (Å²) in [5.41, 5.74) is 0.913. The number of ether oxygens (including phenoxy) is 1. The number of aromatic nitrogens is 1. The van der Waals surface area contributed by atoms with Crippen LogP contribution in [0.15, 0.2) is 18.2 Å². The molecule has 0 radical (unpaired) electrons. The van der Waals surface area contributed by atoms with Crippen molar-refractivity contribution in [2.45, 2.75) is 32.3 Å². The minimum absolute atomic E-state index is 0.537. The van der Waals surface area contributed by atoms with E-state index in [-0.39, 0.29) is 0 Å². The van der Waals surface area contributed by atoms with E-state index in [1.54, 1.807) is 6.07 Å². The quantitative estimate of drug-likeness (QED) is 0.566. The first-order valence-electron chi connectivity index (χ1n) is 5.54. The van der Waals surface area contributed by atoms with Crippen molar-refractivity contribution >= 4 is 11.6 Å². The summed E-state index contributed by atoms with van der Waals surface area (Å²) in [7, 11) is 0. The highest BCUT2D eigenvalue weighted by Gasteiger charge is 2.16. The number of hydrogen-bond donors (Lipinski definition) is 0. The van der Waals surface area contributed by atoms with Gasteiger partial charge in [-0.1, -0.05) is 36.9 Å². The van der Waals surface area contributed by atoms with Crippen LogP contribution in [0.25, 0.3) is 0 Å². The largest absolute Gasteiger partial charge is 0.375 e. The maximum atomic E-state index is 5.77. The van der Waals surface area contributed by atoms with Crippen LogP contribution in [0.4, 0.5) is 0 Å². The Bertz CT molecular complexity index is 312. The van der Waals surface area contributed by atoms with E-state index < -0.39 is 0 Å². The zero-order valence-corrected chi connectivity index (χ0v) is 9.54. The number of rotatable bonds is 5. The average Bonchev–Trinajstić information content (AvgIpc) is 2.15. The molecule has 0 spiro atoms. The average molecular weight is 226 g/mol. The Kier molecular flexibility index (Phi) is 3.98. The molecule has 1 aliphatic rings. The molecule has 1 heterocycles. The Morgan fingerprint density at radius 1 is 1.40 bits per heavy atom. The highest BCUT2D eigenvalue weighted by molar-refractivity contribution is 6.29. The minimum atomic E-state index is 0.537. The maximum absolute atomic E-state index is 5.77. The zero-order valence-electron chi connectivity index (χ0n) is 8.79. The summed E-state index contributed by atoms with van der Waals surface area (Å²) in [4.78, 5) is 4.16. The number of hydrogen-bond acceptors (Lipinski definition) is 2. The second kappa shape index (κ2) is 5.47. The van der Waals surface area contributed by atoms with E-state index in [1.165, 1.54) is 25.7 Å². The van der Waals surface area contributed by atoms with E-state index in [9.17, 15) is 0 Å². The topological polar surface area (TPSA) is 22.1 Å². The molecule has 0 unspecified atom stereocenters. The molecule has 1 aromatic heterocycles. The zero-order chi connectivity index (χ0) is 10.5. The Morgan fingerprint density at radius 3 is 2.93 bits per heavy atom. The molecule has 2 nitrogen and oxygen atoms in total. The van der Waals surface area contributed by atoms with E-state index in [4.69, 9.17) is 16.3 Å². The standard InChI is InChI=1S/C12H16ClNO/c13-12-6-2-5-11(14-12)9-15-8-7-10-3-1-4-10/h2,5-6,10H,1,3-4,7-9H2. The van der Waals surface area contributed by atoms with E-state index >= 15 is 0 Å². The molecule has 15 heavy (non-hydrogen) atoms. The van der Waals surface area contributed by atoms with Crippen molar-refractivity contribution in [3.8, 4) is 0 Å². The molecule has 1 aromatic rings. The van der Waals surface area contributed by atoms with Gasteiger partial charge in [-0.05, 0) is 24.5 Å². The molecule has 0 aromatic carbocycles. The second-order valence-corrected chi connectivity index (χ2v) is 4.48. The molecule has 0 amide bonds. The molecule has 0 saturated heterocycles. The summed E-state index contributed by atoms with van der Waals surface area (Å²) in [5.74, 6) is 0.914. The normalized spacial score (nSPS) is 16.3. The molecule has 0 N–H and O–H groups in total. The predicted molar refractivity (Wildman–Crippen MR) is 60.9 cm³/mol. The van der Waals surface area contributed by atoms with Gasteiger partial charge in [-0.25, -0.2) is 4.98 Å². The van der Waals surface area contributed by atoms with Gasteiger partial charge in [-0.3, -0.25) is 0 Å². The van der Waals surface area contributed by atoms with Crippen molar-refractivity contribution < 1.29 is 4.74 Å². The summed E-state index contributed by atoms with van der Waals surface area (Å²) in [5, 5.41) is 0.537. The van der Waals surface area contributed by atoms with Gasteiger partial charge < -0.3 is 4.74 Å². The van der Waals surface area contributed by atoms with E-state index in [0.717, 1.165) is 18.2 Å². The fourth-order valence-corrected chi connectivity index (χ4v) is 1.92. The van der Waals surface area contributed by atoms with Crippen LogP contribution in [0, 0.1) is 5.92 Å². The maximum Gasteiger partial charge on any atom is 0.129 e. The third kappa shape index (κ3) is 3.47. The highest BCUT2D eigenvalue weighted by atomic mass is 35.5. The van der Waals surface area contributed by atoms with Crippen molar-refractivity contribution in [3.05, 3.63) is 29.0 Å². The summed E-state index contributed by atoms with van der Waals surface area (Å²) in [6, 6.07) is 5.62. The molecular formula is C12H16ClNO. The van der Waals surface area contributed by atoms with E-state index in [2.05, 4.69) is 4.98 Å². The fourth-order valence-electron chi connectivity index (χ4n) is 1.74. The van der Waals surface area contributed by atoms with Gasteiger partial charge >= 0.3 is 0 Å². The molecule has 1 fully saturated rings. The summed E-state index contributed by atoms with van der Waals surface area (Å²) in [6.07, 6.45) is 5.37. The van der Waals surface area contributed by atoms with Crippen LogP contribution in [0.2, 0.25) is 5.15 Å². The SMILES string of the molecule is Clc1cccc(COCCC2CCC2)n1. The van der Waals surface area contributed by atoms with Crippen LogP contribution < -0.4 is 0 Å². The van der Waals surface area contributed by atoms with Gasteiger partial charge in [0.25, 0.3) is 0 Å². The van der Waals surface area contributed by atoms with Gasteiger partial charge in [0.2, 0.25) is 0 Å². The van der Waals surface area contributed by atoms with Crippen LogP contribution in [-0.2, 0) is 11.3 Å². The van der Waals surface area contributed by atoms with Crippen molar-refractivity contribution in [1.29, 1.82) is 0 Å². The van der Waals surface area contributed by atoms with E-state index in [0.29, 0.717) is 11.8 Å². The van der Waals surface area contributed by atoms with Crippen molar-refractivity contribution in [3.63, 3.8) is 0 Å². The van der Waals surface area contributed by atoms with Crippen LogP contribution in [0.5, 0.6) is 0 Å². The monoisotopic (exact) mass is 225 g/mol. The number of pyridine rings is 1. The molecule has 2 rings (SSSR count). The summed E-state index contributed by atoms with van der Waals surface area (Å²) in [6.45, 7) is 1.42. The lowest BCUT2D eigenvalue weighted by Gasteiger charge is -2.24. The number of nitrogens with zero attached hydrogens (tertiary/aromatic N) is 1. The molecule has 1 aliphatic carbocycles. The van der Waals surface area contributed by atoms with Gasteiger partial charge in [-0.15, -0.1) is 0 Å². The van der Waals surface area contributed by atoms with Gasteiger partial charge in [0.1, 0.15) is 5.15 Å². The Morgan fingerprint density at radius 2 is 2.27 bits per heavy atom. The predicted octanol–water partition coefficient (Wildman–Crippen LogP) is 3.44. The van der Waals surface area contributed by atoms with Gasteiger partial charge in [0.05, 0.1) is 12.3 Å². The smallest absolute Gasteiger partial charge is 0.129 e. The molecule has 1 saturated carbocycles. The molecule has 0 aliphatic heterocycles. The first-order valence-corrected chi connectivity index (χ1v) is 5.91. The first-order chi connectivity index (χ1) is 7.34. The van der Waals surface area contributed by atoms with E-state index in [1.807, 2.05) is 12.1 Å². The molecule has 3 heteroatoms. The molecule has 0 atom stereocenters. The molecule has 0 bridgehead atoms. The Labute approximate surface area is 95.6 Å². The van der Waals surface area contributed by atoms with Gasteiger partial charge in [0.15, 0.2) is 0 Å². The van der Waals surface area contributed by atoms with Crippen LogP contribution in [0.1, 0.15) is 31.4 Å². The van der Waals surface area contributed by atoms with Crippen LogP contribution in [0.3, 0.4) is 0 Å². The van der Waals surface area contributed by atoms with Crippen molar-refractivity contribution in [1.82, 2.24) is 4.98 Å². The van der Waals surface area contributed by atoms with Crippen molar-refractivity contribution in [2.75, 3.05) is 6.61 Å². The lowest BCUT2D eigenvalue weighted by atomic mass is 9.83.